The van der Waals surface area contributed by atoms with Crippen LogP contribution in [0.2, 0.25) is 0 Å². The Balaban J connectivity index is 1.55. The summed E-state index contributed by atoms with van der Waals surface area (Å²) in [6.07, 6.45) is 1.91. The van der Waals surface area contributed by atoms with Crippen LogP contribution in [0.1, 0.15) is 70.3 Å². The average Bonchev–Trinajstić information content (AvgIpc) is 3.42. The molecule has 1 N–H and O–H groups in total. The van der Waals surface area contributed by atoms with Gasteiger partial charge in [0, 0.05) is 30.4 Å². The number of benzene rings is 2. The van der Waals surface area contributed by atoms with Crippen LogP contribution in [-0.2, 0) is 19.0 Å². The van der Waals surface area contributed by atoms with Crippen LogP contribution in [0.5, 0.6) is 5.75 Å². The van der Waals surface area contributed by atoms with E-state index >= 15 is 4.39 Å². The molecule has 5 heterocycles. The highest BCUT2D eigenvalue weighted by molar-refractivity contribution is 5.81. The van der Waals surface area contributed by atoms with Crippen LogP contribution in [0, 0.1) is 19.7 Å². The second-order valence-corrected chi connectivity index (χ2v) is 14.4. The van der Waals surface area contributed by atoms with E-state index in [0.717, 1.165) is 35.3 Å². The van der Waals surface area contributed by atoms with Gasteiger partial charge in [-0.15, -0.1) is 0 Å². The normalized spacial score (nSPS) is 21.2. The van der Waals surface area contributed by atoms with Crippen LogP contribution in [0.3, 0.4) is 0 Å². The van der Waals surface area contributed by atoms with E-state index in [9.17, 15) is 9.90 Å². The molecule has 0 saturated carbocycles. The molecule has 9 nitrogen and oxygen atoms in total. The summed E-state index contributed by atoms with van der Waals surface area (Å²) in [4.78, 5) is 20.1. The molecule has 10 heteroatoms. The van der Waals surface area contributed by atoms with Crippen molar-refractivity contribution in [3.8, 4) is 28.1 Å². The zero-order valence-electron chi connectivity index (χ0n) is 28.9. The first-order valence-corrected chi connectivity index (χ1v) is 16.7. The van der Waals surface area contributed by atoms with Crippen LogP contribution >= 0.6 is 0 Å². The van der Waals surface area contributed by atoms with Gasteiger partial charge in [0.1, 0.15) is 29.1 Å². The Morgan fingerprint density at radius 1 is 1.10 bits per heavy atom. The van der Waals surface area contributed by atoms with Crippen LogP contribution in [0.4, 0.5) is 10.2 Å². The van der Waals surface area contributed by atoms with Gasteiger partial charge < -0.3 is 29.0 Å². The van der Waals surface area contributed by atoms with E-state index in [1.54, 1.807) is 0 Å². The van der Waals surface area contributed by atoms with Gasteiger partial charge in [-0.2, -0.15) is 0 Å². The van der Waals surface area contributed by atoms with Crippen molar-refractivity contribution in [1.82, 2.24) is 9.38 Å². The summed E-state index contributed by atoms with van der Waals surface area (Å²) in [5.41, 5.74) is 4.23. The number of rotatable bonds is 3. The molecule has 4 aromatic rings. The van der Waals surface area contributed by atoms with Gasteiger partial charge in [-0.1, -0.05) is 18.2 Å². The summed E-state index contributed by atoms with van der Waals surface area (Å²) in [5, 5.41) is 10.5. The number of hydrogen-bond acceptors (Lipinski definition) is 7. The number of ether oxygens (including phenoxy) is 4. The lowest BCUT2D eigenvalue weighted by atomic mass is 9.92. The second-order valence-electron chi connectivity index (χ2n) is 14.4. The Morgan fingerprint density at radius 2 is 1.83 bits per heavy atom. The number of fused-ring (bicyclic) bond motifs is 8. The highest BCUT2D eigenvalue weighted by atomic mass is 19.1. The maximum absolute atomic E-state index is 15.7. The lowest BCUT2D eigenvalue weighted by Gasteiger charge is -2.41. The number of piperidine rings is 1. The minimum absolute atomic E-state index is 0.316. The fourth-order valence-electron chi connectivity index (χ4n) is 6.72. The van der Waals surface area contributed by atoms with Crippen molar-refractivity contribution >= 4 is 17.4 Å². The highest BCUT2D eigenvalue weighted by Gasteiger charge is 2.37. The smallest absolute Gasteiger partial charge is 0.337 e. The summed E-state index contributed by atoms with van der Waals surface area (Å²) in [6.45, 7) is 15.8. The molecule has 256 valence electrons. The van der Waals surface area contributed by atoms with Gasteiger partial charge in [0.2, 0.25) is 0 Å². The van der Waals surface area contributed by atoms with Gasteiger partial charge in [-0.25, -0.2) is 14.2 Å². The van der Waals surface area contributed by atoms with Crippen molar-refractivity contribution in [1.29, 1.82) is 0 Å². The first-order chi connectivity index (χ1) is 22.7. The summed E-state index contributed by atoms with van der Waals surface area (Å²) in [6, 6.07) is 12.9. The molecule has 2 aromatic carbocycles. The molecule has 1 fully saturated rings. The standard InChI is InChI=1S/C38H46FN3O6/c1-23-17-28(39)33-27-10-8-9-26(20-27)29-21-42-31(40-29)19-24(2)32(34(36(43)44)48-37(4,5)6)35(42)41-13-11-38(7,12-14-41)46-16-15-45-22-25(3)47-30(33)18-23/h8-10,17-21,25,34H,11-16,22H2,1-7H3,(H,43,44)/t25-,34-/m0/s1. The lowest BCUT2D eigenvalue weighted by molar-refractivity contribution is -0.160. The third-order valence-electron chi connectivity index (χ3n) is 9.06. The number of carboxylic acid groups (broad SMARTS) is 1. The van der Waals surface area contributed by atoms with E-state index in [2.05, 4.69) is 11.8 Å². The van der Waals surface area contributed by atoms with Gasteiger partial charge in [0.05, 0.1) is 42.3 Å². The average molecular weight is 660 g/mol. The zero-order chi connectivity index (χ0) is 34.4. The van der Waals surface area contributed by atoms with E-state index in [0.29, 0.717) is 66.7 Å². The Labute approximate surface area is 281 Å². The minimum Gasteiger partial charge on any atom is -0.488 e. The molecular formula is C38H46FN3O6. The molecule has 1 saturated heterocycles. The Kier molecular flexibility index (Phi) is 9.28. The van der Waals surface area contributed by atoms with E-state index in [-0.39, 0.29) is 17.5 Å². The minimum atomic E-state index is -1.20. The van der Waals surface area contributed by atoms with Gasteiger partial charge >= 0.3 is 5.97 Å². The van der Waals surface area contributed by atoms with Crippen molar-refractivity contribution < 1.29 is 33.2 Å². The largest absolute Gasteiger partial charge is 0.488 e. The van der Waals surface area contributed by atoms with Gasteiger partial charge in [0.25, 0.3) is 0 Å². The number of halogens is 1. The predicted octanol–water partition coefficient (Wildman–Crippen LogP) is 7.54. The first kappa shape index (κ1) is 33.9. The fourth-order valence-corrected chi connectivity index (χ4v) is 6.72. The van der Waals surface area contributed by atoms with E-state index in [1.165, 1.54) is 6.07 Å². The van der Waals surface area contributed by atoms with Crippen molar-refractivity contribution in [3.05, 3.63) is 71.2 Å². The van der Waals surface area contributed by atoms with Crippen LogP contribution < -0.4 is 9.64 Å². The number of aromatic nitrogens is 2. The molecule has 0 radical (unpaired) electrons. The number of pyridine rings is 1. The Hall–Kier alpha value is -3.99. The number of carbonyl (C=O) groups is 1. The second kappa shape index (κ2) is 13.1. The molecule has 3 aliphatic rings. The van der Waals surface area contributed by atoms with Crippen molar-refractivity contribution in [3.63, 3.8) is 0 Å². The number of hydrogen-bond donors (Lipinski definition) is 1. The van der Waals surface area contributed by atoms with Crippen molar-refractivity contribution in [2.45, 2.75) is 84.7 Å². The quantitative estimate of drug-likeness (QED) is 0.226. The molecule has 2 atom stereocenters. The molecule has 0 spiro atoms. The Bertz CT molecular complexity index is 1820. The third kappa shape index (κ3) is 7.06. The highest BCUT2D eigenvalue weighted by Crippen LogP contribution is 2.41. The van der Waals surface area contributed by atoms with Crippen molar-refractivity contribution in [2.24, 2.45) is 0 Å². The molecule has 0 amide bonds. The predicted molar refractivity (Wildman–Crippen MR) is 183 cm³/mol. The lowest BCUT2D eigenvalue weighted by Crippen LogP contribution is -2.46. The van der Waals surface area contributed by atoms with Crippen LogP contribution in [0.15, 0.2) is 48.7 Å². The summed E-state index contributed by atoms with van der Waals surface area (Å²) in [5.74, 6) is -0.245. The molecule has 2 aromatic heterocycles. The molecule has 6 bridgehead atoms. The van der Waals surface area contributed by atoms with E-state index in [1.807, 2.05) is 88.5 Å². The molecule has 7 rings (SSSR count). The number of carboxylic acids is 1. The van der Waals surface area contributed by atoms with Gasteiger partial charge in [-0.05, 0) is 102 Å². The first-order valence-electron chi connectivity index (χ1n) is 16.7. The van der Waals surface area contributed by atoms with Crippen LogP contribution in [0.25, 0.3) is 28.0 Å². The van der Waals surface area contributed by atoms with Crippen LogP contribution in [-0.4, -0.2) is 70.7 Å². The number of nitrogens with zero attached hydrogens (tertiary/aromatic N) is 3. The fraction of sp³-hybridized carbons (Fsp3) is 0.474. The monoisotopic (exact) mass is 659 g/mol. The maximum atomic E-state index is 15.7. The topological polar surface area (TPSA) is 94.8 Å². The van der Waals surface area contributed by atoms with Crippen molar-refractivity contribution in [2.75, 3.05) is 37.8 Å². The number of aliphatic carboxylic acids is 1. The van der Waals surface area contributed by atoms with E-state index in [4.69, 9.17) is 23.9 Å². The Morgan fingerprint density at radius 3 is 2.54 bits per heavy atom. The third-order valence-corrected chi connectivity index (χ3v) is 9.06. The zero-order valence-corrected chi connectivity index (χ0v) is 28.9. The molecule has 48 heavy (non-hydrogen) atoms. The number of anilines is 1. The maximum Gasteiger partial charge on any atom is 0.337 e. The summed E-state index contributed by atoms with van der Waals surface area (Å²) in [7, 11) is 0. The number of aryl methyl sites for hydroxylation is 2. The molecule has 0 unspecified atom stereocenters. The molecular weight excluding hydrogens is 613 g/mol. The molecule has 3 aliphatic heterocycles. The number of imidazole rings is 1. The van der Waals surface area contributed by atoms with E-state index < -0.39 is 17.7 Å². The molecule has 0 aliphatic carbocycles. The van der Waals surface area contributed by atoms with Gasteiger partial charge in [-0.3, -0.25) is 4.40 Å². The summed E-state index contributed by atoms with van der Waals surface area (Å²) >= 11 is 0. The van der Waals surface area contributed by atoms with Gasteiger partial charge in [0.15, 0.2) is 6.10 Å². The SMILES string of the molecule is Cc1cc(F)c2c(c1)O[C@@H](C)COCCOC1(C)CCN(CC1)c1c([C@H](OC(C)(C)C)C(=O)O)c(C)cc3nc(cn13)-c1cccc-2c1. The summed E-state index contributed by atoms with van der Waals surface area (Å²) < 4.78 is 42.5.